The number of benzene rings is 1. The molecule has 18 heavy (non-hydrogen) atoms. The normalized spacial score (nSPS) is 19.2. The van der Waals surface area contributed by atoms with Crippen molar-refractivity contribution in [1.82, 2.24) is 4.90 Å². The first-order valence-corrected chi connectivity index (χ1v) is 6.74. The second kappa shape index (κ2) is 6.21. The third kappa shape index (κ3) is 3.03. The van der Waals surface area contributed by atoms with E-state index in [4.69, 9.17) is 11.6 Å². The summed E-state index contributed by atoms with van der Waals surface area (Å²) in [6.45, 7) is 0.838. The van der Waals surface area contributed by atoms with Crippen molar-refractivity contribution in [3.8, 4) is 0 Å². The van der Waals surface area contributed by atoms with Crippen molar-refractivity contribution < 1.29 is 9.90 Å². The lowest BCUT2D eigenvalue weighted by Gasteiger charge is -2.23. The second-order valence-corrected chi connectivity index (χ2v) is 5.06. The third-order valence-corrected chi connectivity index (χ3v) is 3.84. The van der Waals surface area contributed by atoms with Crippen LogP contribution in [0.15, 0.2) is 24.3 Å². The van der Waals surface area contributed by atoms with Crippen LogP contribution in [0.2, 0.25) is 5.02 Å². The molecule has 1 aromatic rings. The molecule has 0 radical (unpaired) electrons. The summed E-state index contributed by atoms with van der Waals surface area (Å²) < 4.78 is 0. The minimum Gasteiger partial charge on any atom is -0.394 e. The molecule has 4 heteroatoms. The van der Waals surface area contributed by atoms with E-state index >= 15 is 0 Å². The number of aliphatic hydroxyl groups is 1. The molecule has 1 fully saturated rings. The van der Waals surface area contributed by atoms with Crippen molar-refractivity contribution in [2.45, 2.75) is 31.7 Å². The number of carbonyl (C=O) groups is 1. The lowest BCUT2D eigenvalue weighted by molar-refractivity contribution is -0.132. The van der Waals surface area contributed by atoms with Crippen LogP contribution in [-0.2, 0) is 11.2 Å². The number of nitrogens with zero attached hydrogens (tertiary/aromatic N) is 1. The van der Waals surface area contributed by atoms with E-state index in [1.807, 2.05) is 24.3 Å². The molecule has 1 aliphatic rings. The van der Waals surface area contributed by atoms with Gasteiger partial charge in [-0.05, 0) is 30.9 Å². The number of aliphatic hydroxyl groups excluding tert-OH is 1. The van der Waals surface area contributed by atoms with E-state index in [0.29, 0.717) is 17.9 Å². The SMILES string of the molecule is O=C(CCc1ccccc1Cl)N1CCC[C@H]1CO. The average Bonchev–Trinajstić information content (AvgIpc) is 2.86. The van der Waals surface area contributed by atoms with Gasteiger partial charge in [-0.3, -0.25) is 4.79 Å². The maximum atomic E-state index is 12.1. The zero-order valence-electron chi connectivity index (χ0n) is 10.3. The molecule has 1 aliphatic heterocycles. The number of rotatable bonds is 4. The van der Waals surface area contributed by atoms with Gasteiger partial charge in [-0.25, -0.2) is 0 Å². The van der Waals surface area contributed by atoms with Gasteiger partial charge in [0.05, 0.1) is 12.6 Å². The Labute approximate surface area is 112 Å². The number of halogens is 1. The van der Waals surface area contributed by atoms with E-state index in [9.17, 15) is 9.90 Å². The number of hydrogen-bond donors (Lipinski definition) is 1. The first-order chi connectivity index (χ1) is 8.72. The molecule has 3 nitrogen and oxygen atoms in total. The summed E-state index contributed by atoms with van der Waals surface area (Å²) in [7, 11) is 0. The summed E-state index contributed by atoms with van der Waals surface area (Å²) in [5.74, 6) is 0.117. The van der Waals surface area contributed by atoms with Crippen molar-refractivity contribution in [2.24, 2.45) is 0 Å². The Kier molecular flexibility index (Phi) is 4.61. The van der Waals surface area contributed by atoms with Gasteiger partial charge in [-0.1, -0.05) is 29.8 Å². The summed E-state index contributed by atoms with van der Waals surface area (Å²) in [6, 6.07) is 7.62. The van der Waals surface area contributed by atoms with Crippen molar-refractivity contribution in [2.75, 3.05) is 13.2 Å². The number of hydrogen-bond acceptors (Lipinski definition) is 2. The number of likely N-dealkylation sites (tertiary alicyclic amines) is 1. The molecule has 1 heterocycles. The summed E-state index contributed by atoms with van der Waals surface area (Å²) in [6.07, 6.45) is 3.02. The van der Waals surface area contributed by atoms with Crippen molar-refractivity contribution in [3.05, 3.63) is 34.9 Å². The van der Waals surface area contributed by atoms with Crippen LogP contribution in [-0.4, -0.2) is 35.1 Å². The van der Waals surface area contributed by atoms with Crippen LogP contribution in [0, 0.1) is 0 Å². The predicted octanol–water partition coefficient (Wildman–Crippen LogP) is 2.26. The fourth-order valence-electron chi connectivity index (χ4n) is 2.44. The van der Waals surface area contributed by atoms with Crippen LogP contribution in [0.25, 0.3) is 0 Å². The average molecular weight is 268 g/mol. The van der Waals surface area contributed by atoms with Gasteiger partial charge in [0.2, 0.25) is 5.91 Å². The summed E-state index contributed by atoms with van der Waals surface area (Å²) in [5.41, 5.74) is 1.01. The van der Waals surface area contributed by atoms with Crippen LogP contribution in [0.1, 0.15) is 24.8 Å². The van der Waals surface area contributed by atoms with Crippen LogP contribution >= 0.6 is 11.6 Å². The lowest BCUT2D eigenvalue weighted by Crippen LogP contribution is -2.37. The van der Waals surface area contributed by atoms with Gasteiger partial charge < -0.3 is 10.0 Å². The molecule has 1 amide bonds. The monoisotopic (exact) mass is 267 g/mol. The van der Waals surface area contributed by atoms with E-state index in [0.717, 1.165) is 24.9 Å². The number of amides is 1. The number of carbonyl (C=O) groups excluding carboxylic acids is 1. The fourth-order valence-corrected chi connectivity index (χ4v) is 2.67. The predicted molar refractivity (Wildman–Crippen MR) is 71.6 cm³/mol. The highest BCUT2D eigenvalue weighted by atomic mass is 35.5. The molecule has 0 aromatic heterocycles. The summed E-state index contributed by atoms with van der Waals surface area (Å²) >= 11 is 6.06. The van der Waals surface area contributed by atoms with Crippen LogP contribution in [0.5, 0.6) is 0 Å². The Bertz CT molecular complexity index is 422. The molecular weight excluding hydrogens is 250 g/mol. The van der Waals surface area contributed by atoms with E-state index in [-0.39, 0.29) is 18.6 Å². The largest absolute Gasteiger partial charge is 0.394 e. The van der Waals surface area contributed by atoms with Gasteiger partial charge in [0.15, 0.2) is 0 Å². The molecule has 0 aliphatic carbocycles. The smallest absolute Gasteiger partial charge is 0.223 e. The van der Waals surface area contributed by atoms with Gasteiger partial charge in [-0.2, -0.15) is 0 Å². The standard InChI is InChI=1S/C14H18ClNO2/c15-13-6-2-1-4-11(13)7-8-14(18)16-9-3-5-12(16)10-17/h1-2,4,6,12,17H,3,5,7-10H2/t12-/m0/s1. The molecule has 1 saturated heterocycles. The topological polar surface area (TPSA) is 40.5 Å². The van der Waals surface area contributed by atoms with E-state index in [2.05, 4.69) is 0 Å². The Balaban J connectivity index is 1.90. The Hall–Kier alpha value is -1.06. The van der Waals surface area contributed by atoms with E-state index in [1.165, 1.54) is 0 Å². The van der Waals surface area contributed by atoms with Gasteiger partial charge in [-0.15, -0.1) is 0 Å². The van der Waals surface area contributed by atoms with Gasteiger partial charge >= 0.3 is 0 Å². The molecule has 0 unspecified atom stereocenters. The Morgan fingerprint density at radius 2 is 2.22 bits per heavy atom. The molecule has 2 rings (SSSR count). The van der Waals surface area contributed by atoms with Crippen molar-refractivity contribution in [3.63, 3.8) is 0 Å². The zero-order chi connectivity index (χ0) is 13.0. The highest BCUT2D eigenvalue weighted by Crippen LogP contribution is 2.20. The van der Waals surface area contributed by atoms with Gasteiger partial charge in [0, 0.05) is 18.0 Å². The summed E-state index contributed by atoms with van der Waals surface area (Å²) in [5, 5.41) is 9.91. The lowest BCUT2D eigenvalue weighted by atomic mass is 10.1. The second-order valence-electron chi connectivity index (χ2n) is 4.66. The first-order valence-electron chi connectivity index (χ1n) is 6.36. The molecule has 98 valence electrons. The summed E-state index contributed by atoms with van der Waals surface area (Å²) in [4.78, 5) is 13.9. The van der Waals surface area contributed by atoms with Crippen LogP contribution < -0.4 is 0 Å². The molecule has 1 N–H and O–H groups in total. The first kappa shape index (κ1) is 13.4. The third-order valence-electron chi connectivity index (χ3n) is 3.47. The maximum Gasteiger partial charge on any atom is 0.223 e. The fraction of sp³-hybridized carbons (Fsp3) is 0.500. The molecule has 0 saturated carbocycles. The molecule has 1 aromatic carbocycles. The zero-order valence-corrected chi connectivity index (χ0v) is 11.1. The van der Waals surface area contributed by atoms with Crippen LogP contribution in [0.4, 0.5) is 0 Å². The minimum absolute atomic E-state index is 0.0174. The molecule has 1 atom stereocenters. The highest BCUT2D eigenvalue weighted by molar-refractivity contribution is 6.31. The van der Waals surface area contributed by atoms with E-state index < -0.39 is 0 Å². The maximum absolute atomic E-state index is 12.1. The van der Waals surface area contributed by atoms with Crippen molar-refractivity contribution >= 4 is 17.5 Å². The van der Waals surface area contributed by atoms with Crippen molar-refractivity contribution in [1.29, 1.82) is 0 Å². The molecule has 0 bridgehead atoms. The quantitative estimate of drug-likeness (QED) is 0.909. The van der Waals surface area contributed by atoms with Crippen LogP contribution in [0.3, 0.4) is 0 Å². The molecule has 0 spiro atoms. The van der Waals surface area contributed by atoms with Gasteiger partial charge in [0.25, 0.3) is 0 Å². The Morgan fingerprint density at radius 3 is 2.94 bits per heavy atom. The van der Waals surface area contributed by atoms with E-state index in [1.54, 1.807) is 4.90 Å². The Morgan fingerprint density at radius 1 is 1.44 bits per heavy atom. The van der Waals surface area contributed by atoms with Gasteiger partial charge in [0.1, 0.15) is 0 Å². The molecular formula is C14H18ClNO2. The highest BCUT2D eigenvalue weighted by Gasteiger charge is 2.27. The minimum atomic E-state index is 0.0174. The number of aryl methyl sites for hydroxylation is 1.